The molecule has 0 spiro atoms. The molecule has 1 saturated carbocycles. The van der Waals surface area contributed by atoms with Gasteiger partial charge < -0.3 is 14.7 Å². The van der Waals surface area contributed by atoms with Crippen LogP contribution in [-0.2, 0) is 4.79 Å². The Morgan fingerprint density at radius 2 is 1.61 bits per heavy atom. The molecule has 2 aromatic carbocycles. The minimum Gasteiger partial charge on any atom is -0.490 e. The highest BCUT2D eigenvalue weighted by Crippen LogP contribution is 2.35. The van der Waals surface area contributed by atoms with Crippen LogP contribution in [0, 0.1) is 0 Å². The minimum atomic E-state index is -1.09. The molecule has 5 heteroatoms. The Hall–Kier alpha value is -2.37. The van der Waals surface area contributed by atoms with Gasteiger partial charge in [0.05, 0.1) is 6.54 Å². The summed E-state index contributed by atoms with van der Waals surface area (Å²) in [5.41, 5.74) is 0.348. The fourth-order valence-electron chi connectivity index (χ4n) is 5.10. The van der Waals surface area contributed by atoms with Crippen LogP contribution in [0.2, 0.25) is 0 Å². The van der Waals surface area contributed by atoms with Crippen LogP contribution in [0.25, 0.3) is 0 Å². The Morgan fingerprint density at radius 3 is 2.26 bits per heavy atom. The SMILES string of the molecule is CC(=O)N1CCN(C2CCC(c3ccccc3)CC2)C[C@@](O)(COc2ccccc2)C1. The number of β-amino-alcohol motifs (C(OH)–C–C–N with tert-alkyl or cyclic N) is 1. The van der Waals surface area contributed by atoms with E-state index in [-0.39, 0.29) is 12.5 Å². The van der Waals surface area contributed by atoms with Gasteiger partial charge in [-0.3, -0.25) is 9.69 Å². The van der Waals surface area contributed by atoms with Crippen molar-refractivity contribution in [1.82, 2.24) is 9.80 Å². The largest absolute Gasteiger partial charge is 0.490 e. The molecule has 1 heterocycles. The molecule has 166 valence electrons. The van der Waals surface area contributed by atoms with E-state index in [1.807, 2.05) is 30.3 Å². The summed E-state index contributed by atoms with van der Waals surface area (Å²) in [7, 11) is 0. The number of benzene rings is 2. The van der Waals surface area contributed by atoms with Gasteiger partial charge in [-0.15, -0.1) is 0 Å². The van der Waals surface area contributed by atoms with Crippen LogP contribution in [0.3, 0.4) is 0 Å². The van der Waals surface area contributed by atoms with Gasteiger partial charge in [0.15, 0.2) is 0 Å². The molecule has 1 atom stereocenters. The smallest absolute Gasteiger partial charge is 0.219 e. The quantitative estimate of drug-likeness (QED) is 0.799. The van der Waals surface area contributed by atoms with E-state index in [2.05, 4.69) is 35.2 Å². The van der Waals surface area contributed by atoms with Gasteiger partial charge in [0.2, 0.25) is 5.91 Å². The maximum absolute atomic E-state index is 12.2. The number of ether oxygens (including phenoxy) is 1. The molecule has 1 aliphatic carbocycles. The summed E-state index contributed by atoms with van der Waals surface area (Å²) in [5.74, 6) is 1.37. The van der Waals surface area contributed by atoms with Crippen LogP contribution in [0.4, 0.5) is 0 Å². The molecule has 0 bridgehead atoms. The molecular formula is C26H34N2O3. The summed E-state index contributed by atoms with van der Waals surface area (Å²) in [6.07, 6.45) is 4.58. The third-order valence-electron chi connectivity index (χ3n) is 6.82. The van der Waals surface area contributed by atoms with E-state index < -0.39 is 5.60 Å². The first kappa shape index (κ1) is 21.8. The third-order valence-corrected chi connectivity index (χ3v) is 6.82. The number of carbonyl (C=O) groups is 1. The van der Waals surface area contributed by atoms with Crippen LogP contribution >= 0.6 is 0 Å². The van der Waals surface area contributed by atoms with Crippen molar-refractivity contribution in [2.24, 2.45) is 0 Å². The molecule has 0 unspecified atom stereocenters. The van der Waals surface area contributed by atoms with Crippen LogP contribution in [0.15, 0.2) is 60.7 Å². The second kappa shape index (κ2) is 9.84. The predicted molar refractivity (Wildman–Crippen MR) is 122 cm³/mol. The Bertz CT molecular complexity index is 836. The molecule has 0 aromatic heterocycles. The maximum Gasteiger partial charge on any atom is 0.219 e. The number of para-hydroxylation sites is 1. The summed E-state index contributed by atoms with van der Waals surface area (Å²) in [4.78, 5) is 16.3. The van der Waals surface area contributed by atoms with Gasteiger partial charge >= 0.3 is 0 Å². The second-order valence-electron chi connectivity index (χ2n) is 9.15. The second-order valence-corrected chi connectivity index (χ2v) is 9.15. The number of rotatable bonds is 5. The zero-order chi connectivity index (χ0) is 21.7. The van der Waals surface area contributed by atoms with E-state index in [0.29, 0.717) is 31.6 Å². The molecule has 31 heavy (non-hydrogen) atoms. The Labute approximate surface area is 185 Å². The average Bonchev–Trinajstić information content (AvgIpc) is 2.99. The summed E-state index contributed by atoms with van der Waals surface area (Å²) in [5, 5.41) is 11.5. The number of nitrogens with zero attached hydrogens (tertiary/aromatic N) is 2. The number of hydrogen-bond acceptors (Lipinski definition) is 4. The summed E-state index contributed by atoms with van der Waals surface area (Å²) >= 11 is 0. The van der Waals surface area contributed by atoms with Crippen LogP contribution in [0.5, 0.6) is 5.75 Å². The fourth-order valence-corrected chi connectivity index (χ4v) is 5.10. The zero-order valence-electron chi connectivity index (χ0n) is 18.5. The van der Waals surface area contributed by atoms with Gasteiger partial charge in [0, 0.05) is 32.6 Å². The molecule has 1 N–H and O–H groups in total. The number of amides is 1. The van der Waals surface area contributed by atoms with Gasteiger partial charge in [-0.05, 0) is 49.3 Å². The van der Waals surface area contributed by atoms with Crippen molar-refractivity contribution in [3.05, 3.63) is 66.2 Å². The van der Waals surface area contributed by atoms with Crippen molar-refractivity contribution >= 4 is 5.91 Å². The highest BCUT2D eigenvalue weighted by Gasteiger charge is 2.39. The minimum absolute atomic E-state index is 0.00720. The number of hydrogen-bond donors (Lipinski definition) is 1. The Kier molecular flexibility index (Phi) is 6.93. The van der Waals surface area contributed by atoms with E-state index in [4.69, 9.17) is 4.74 Å². The zero-order valence-corrected chi connectivity index (χ0v) is 18.5. The van der Waals surface area contributed by atoms with Gasteiger partial charge in [-0.1, -0.05) is 48.5 Å². The lowest BCUT2D eigenvalue weighted by Crippen LogP contribution is -2.53. The summed E-state index contributed by atoms with van der Waals surface area (Å²) in [6, 6.07) is 20.8. The van der Waals surface area contributed by atoms with Crippen LogP contribution in [0.1, 0.15) is 44.1 Å². The van der Waals surface area contributed by atoms with E-state index in [1.54, 1.807) is 11.8 Å². The highest BCUT2D eigenvalue weighted by atomic mass is 16.5. The lowest BCUT2D eigenvalue weighted by atomic mass is 9.81. The molecule has 2 aliphatic rings. The topological polar surface area (TPSA) is 53.0 Å². The van der Waals surface area contributed by atoms with Crippen molar-refractivity contribution in [1.29, 1.82) is 0 Å². The third kappa shape index (κ3) is 5.66. The Balaban J connectivity index is 1.42. The summed E-state index contributed by atoms with van der Waals surface area (Å²) < 4.78 is 5.93. The van der Waals surface area contributed by atoms with E-state index >= 15 is 0 Å². The van der Waals surface area contributed by atoms with Crippen LogP contribution in [-0.4, -0.2) is 65.2 Å². The first-order chi connectivity index (χ1) is 15.0. The lowest BCUT2D eigenvalue weighted by Gasteiger charge is -2.39. The molecule has 1 saturated heterocycles. The monoisotopic (exact) mass is 422 g/mol. The first-order valence-corrected chi connectivity index (χ1v) is 11.5. The Morgan fingerprint density at radius 1 is 0.968 bits per heavy atom. The van der Waals surface area contributed by atoms with Crippen molar-refractivity contribution in [2.75, 3.05) is 32.8 Å². The van der Waals surface area contributed by atoms with Crippen molar-refractivity contribution < 1.29 is 14.6 Å². The highest BCUT2D eigenvalue weighted by molar-refractivity contribution is 5.73. The molecule has 0 radical (unpaired) electrons. The predicted octanol–water partition coefficient (Wildman–Crippen LogP) is 3.69. The van der Waals surface area contributed by atoms with Gasteiger partial charge in [-0.2, -0.15) is 0 Å². The van der Waals surface area contributed by atoms with Gasteiger partial charge in [0.1, 0.15) is 18.0 Å². The molecule has 5 nitrogen and oxygen atoms in total. The van der Waals surface area contributed by atoms with Gasteiger partial charge in [-0.25, -0.2) is 0 Å². The van der Waals surface area contributed by atoms with E-state index in [1.165, 1.54) is 18.4 Å². The van der Waals surface area contributed by atoms with E-state index in [0.717, 1.165) is 25.1 Å². The molecular weight excluding hydrogens is 388 g/mol. The lowest BCUT2D eigenvalue weighted by molar-refractivity contribution is -0.132. The van der Waals surface area contributed by atoms with Crippen molar-refractivity contribution in [3.63, 3.8) is 0 Å². The fraction of sp³-hybridized carbons (Fsp3) is 0.500. The van der Waals surface area contributed by atoms with Crippen LogP contribution < -0.4 is 4.74 Å². The average molecular weight is 423 g/mol. The first-order valence-electron chi connectivity index (χ1n) is 11.5. The van der Waals surface area contributed by atoms with Crippen molar-refractivity contribution in [2.45, 2.75) is 50.2 Å². The number of aliphatic hydroxyl groups is 1. The van der Waals surface area contributed by atoms with Gasteiger partial charge in [0.25, 0.3) is 0 Å². The molecule has 2 aromatic rings. The standard InChI is InChI=1S/C26H34N2O3/c1-21(29)27-16-17-28(19-26(30,18-27)20-31-25-10-6-3-7-11-25)24-14-12-23(13-15-24)22-8-4-2-5-9-22/h2-11,23-24,30H,12-20H2,1H3/t23?,24?,26-/m1/s1. The molecule has 1 amide bonds. The van der Waals surface area contributed by atoms with Crippen molar-refractivity contribution in [3.8, 4) is 5.75 Å². The molecule has 1 aliphatic heterocycles. The number of carbonyl (C=O) groups excluding carboxylic acids is 1. The molecule has 4 rings (SSSR count). The van der Waals surface area contributed by atoms with E-state index in [9.17, 15) is 9.90 Å². The normalized spacial score (nSPS) is 27.5. The molecule has 2 fully saturated rings. The summed E-state index contributed by atoms with van der Waals surface area (Å²) in [6.45, 7) is 4.06. The maximum atomic E-state index is 12.2.